The Balaban J connectivity index is 1.71. The van der Waals surface area contributed by atoms with E-state index in [1.165, 1.54) is 0 Å². The van der Waals surface area contributed by atoms with Gasteiger partial charge >= 0.3 is 0 Å². The topological polar surface area (TPSA) is 61.4 Å². The predicted molar refractivity (Wildman–Crippen MR) is 134 cm³/mol. The van der Waals surface area contributed by atoms with Crippen molar-refractivity contribution in [1.82, 2.24) is 10.6 Å². The summed E-state index contributed by atoms with van der Waals surface area (Å²) in [6.45, 7) is 5.82. The number of fused-ring (bicyclic) bond motifs is 1. The summed E-state index contributed by atoms with van der Waals surface area (Å²) < 4.78 is 0. The lowest BCUT2D eigenvalue weighted by Crippen LogP contribution is -2.44. The highest BCUT2D eigenvalue weighted by Crippen LogP contribution is 2.40. The van der Waals surface area contributed by atoms with Crippen molar-refractivity contribution in [3.05, 3.63) is 77.5 Å². The average Bonchev–Trinajstić information content (AvgIpc) is 2.80. The smallest absolute Gasteiger partial charge is 0.251 e. The molecule has 0 saturated carbocycles. The third kappa shape index (κ3) is 4.69. The second-order valence-electron chi connectivity index (χ2n) is 8.89. The van der Waals surface area contributed by atoms with Crippen LogP contribution in [0.2, 0.25) is 0 Å². The van der Waals surface area contributed by atoms with Gasteiger partial charge in [-0.2, -0.15) is 0 Å². The molecule has 0 spiro atoms. The Morgan fingerprint density at radius 2 is 1.76 bits per heavy atom. The number of allylic oxidation sites excluding steroid dienone is 3. The van der Waals surface area contributed by atoms with Gasteiger partial charge in [-0.15, -0.1) is 11.6 Å². The molecule has 0 saturated heterocycles. The fourth-order valence-electron chi connectivity index (χ4n) is 4.72. The van der Waals surface area contributed by atoms with E-state index in [2.05, 4.69) is 36.6 Å². The van der Waals surface area contributed by atoms with Gasteiger partial charge in [0.15, 0.2) is 0 Å². The third-order valence-electron chi connectivity index (χ3n) is 6.47. The van der Waals surface area contributed by atoms with Crippen LogP contribution in [0.4, 0.5) is 5.69 Å². The number of halogens is 1. The van der Waals surface area contributed by atoms with Crippen molar-refractivity contribution in [2.45, 2.75) is 44.7 Å². The monoisotopic (exact) mass is 463 g/mol. The molecule has 2 unspecified atom stereocenters. The molecular formula is C27H30ClN3O2. The second-order valence-corrected chi connectivity index (χ2v) is 9.39. The molecule has 33 heavy (non-hydrogen) atoms. The number of rotatable bonds is 4. The molecule has 5 nitrogen and oxygen atoms in total. The Hall–Kier alpha value is -3.05. The largest absolute Gasteiger partial charge is 0.378 e. The summed E-state index contributed by atoms with van der Waals surface area (Å²) in [6.07, 6.45) is 7.03. The molecule has 4 rings (SSSR count). The quantitative estimate of drug-likeness (QED) is 0.613. The summed E-state index contributed by atoms with van der Waals surface area (Å²) in [4.78, 5) is 26.2. The SMILES string of the molecule is CNC(=O)c1ccc(-c2ccc3c(c2)[C@H](NC2=CC(C)C(Cl)C=C2)C[C@H](C)N3C(C)=O)cc1. The highest BCUT2D eigenvalue weighted by Gasteiger charge is 2.33. The Bertz CT molecular complexity index is 1120. The van der Waals surface area contributed by atoms with Gasteiger partial charge in [0, 0.05) is 37.0 Å². The van der Waals surface area contributed by atoms with E-state index < -0.39 is 0 Å². The predicted octanol–water partition coefficient (Wildman–Crippen LogP) is 5.19. The fourth-order valence-corrected chi connectivity index (χ4v) is 4.86. The lowest BCUT2D eigenvalue weighted by Gasteiger charge is -2.40. The van der Waals surface area contributed by atoms with Crippen LogP contribution >= 0.6 is 11.6 Å². The van der Waals surface area contributed by atoms with E-state index in [1.54, 1.807) is 14.0 Å². The van der Waals surface area contributed by atoms with Crippen LogP contribution in [0, 0.1) is 5.92 Å². The summed E-state index contributed by atoms with van der Waals surface area (Å²) in [7, 11) is 1.62. The first-order valence-electron chi connectivity index (χ1n) is 11.4. The van der Waals surface area contributed by atoms with Gasteiger partial charge in [0.25, 0.3) is 5.91 Å². The number of amides is 2. The van der Waals surface area contributed by atoms with Crippen molar-refractivity contribution in [3.8, 4) is 11.1 Å². The minimum Gasteiger partial charge on any atom is -0.378 e. The molecular weight excluding hydrogens is 434 g/mol. The van der Waals surface area contributed by atoms with E-state index in [1.807, 2.05) is 53.5 Å². The van der Waals surface area contributed by atoms with Crippen molar-refractivity contribution >= 4 is 29.1 Å². The van der Waals surface area contributed by atoms with Crippen molar-refractivity contribution in [2.75, 3.05) is 11.9 Å². The summed E-state index contributed by atoms with van der Waals surface area (Å²) in [6, 6.07) is 13.9. The number of alkyl halides is 1. The van der Waals surface area contributed by atoms with E-state index in [4.69, 9.17) is 11.6 Å². The first-order chi connectivity index (χ1) is 15.8. The van der Waals surface area contributed by atoms with E-state index in [9.17, 15) is 9.59 Å². The molecule has 0 fully saturated rings. The molecule has 2 N–H and O–H groups in total. The van der Waals surface area contributed by atoms with Crippen LogP contribution in [0.3, 0.4) is 0 Å². The second kappa shape index (κ2) is 9.44. The van der Waals surface area contributed by atoms with Crippen molar-refractivity contribution in [3.63, 3.8) is 0 Å². The molecule has 2 amide bonds. The van der Waals surface area contributed by atoms with Gasteiger partial charge in [-0.05, 0) is 66.3 Å². The number of nitrogens with one attached hydrogen (secondary N) is 2. The molecule has 0 aromatic heterocycles. The van der Waals surface area contributed by atoms with Gasteiger partial charge in [0.1, 0.15) is 0 Å². The van der Waals surface area contributed by atoms with Crippen LogP contribution < -0.4 is 15.5 Å². The molecule has 172 valence electrons. The van der Waals surface area contributed by atoms with E-state index >= 15 is 0 Å². The fraction of sp³-hybridized carbons (Fsp3) is 0.333. The van der Waals surface area contributed by atoms with Crippen LogP contribution in [0.1, 0.15) is 49.2 Å². The molecule has 2 aliphatic rings. The van der Waals surface area contributed by atoms with Crippen LogP contribution in [0.15, 0.2) is 66.4 Å². The van der Waals surface area contributed by atoms with Gasteiger partial charge in [-0.3, -0.25) is 9.59 Å². The summed E-state index contributed by atoms with van der Waals surface area (Å²) >= 11 is 6.33. The Morgan fingerprint density at radius 3 is 2.39 bits per heavy atom. The number of carbonyl (C=O) groups excluding carboxylic acids is 2. The van der Waals surface area contributed by atoms with Crippen LogP contribution in [0.5, 0.6) is 0 Å². The maximum atomic E-state index is 12.5. The molecule has 4 atom stereocenters. The van der Waals surface area contributed by atoms with Gasteiger partial charge in [-0.25, -0.2) is 0 Å². The maximum Gasteiger partial charge on any atom is 0.251 e. The first-order valence-corrected chi connectivity index (χ1v) is 11.8. The highest BCUT2D eigenvalue weighted by molar-refractivity contribution is 6.22. The van der Waals surface area contributed by atoms with Crippen molar-refractivity contribution < 1.29 is 9.59 Å². The highest BCUT2D eigenvalue weighted by atomic mass is 35.5. The van der Waals surface area contributed by atoms with Gasteiger partial charge in [0.05, 0.1) is 11.4 Å². The number of benzene rings is 2. The summed E-state index contributed by atoms with van der Waals surface area (Å²) in [5, 5.41) is 6.34. The molecule has 0 bridgehead atoms. The zero-order valence-corrected chi connectivity index (χ0v) is 20.2. The minimum atomic E-state index is -0.107. The lowest BCUT2D eigenvalue weighted by atomic mass is 9.88. The number of nitrogens with zero attached hydrogens (tertiary/aromatic N) is 1. The molecule has 6 heteroatoms. The standard InChI is InChI=1S/C27H30ClN3O2/c1-16-13-22(10-11-24(16)28)30-25-14-17(2)31(18(3)32)26-12-9-21(15-23(25)26)19-5-7-20(8-6-19)27(33)29-4/h5-13,15-17,24-25,30H,14H2,1-4H3,(H,29,33)/t16?,17-,24?,25+/m0/s1. The molecule has 2 aromatic rings. The molecule has 1 aliphatic carbocycles. The summed E-state index contributed by atoms with van der Waals surface area (Å²) in [5.74, 6) is 0.184. The molecule has 1 heterocycles. The van der Waals surface area contributed by atoms with Crippen LogP contribution in [0.25, 0.3) is 11.1 Å². The summed E-state index contributed by atoms with van der Waals surface area (Å²) in [5.41, 5.74) is 5.77. The Labute approximate surface area is 200 Å². The first kappa shape index (κ1) is 23.1. The molecule has 0 radical (unpaired) electrons. The number of carbonyl (C=O) groups is 2. The zero-order valence-electron chi connectivity index (χ0n) is 19.4. The van der Waals surface area contributed by atoms with Crippen molar-refractivity contribution in [2.24, 2.45) is 5.92 Å². The van der Waals surface area contributed by atoms with E-state index in [0.717, 1.165) is 34.5 Å². The lowest BCUT2D eigenvalue weighted by molar-refractivity contribution is -0.117. The van der Waals surface area contributed by atoms with E-state index in [-0.39, 0.29) is 35.2 Å². The number of anilines is 1. The van der Waals surface area contributed by atoms with E-state index in [0.29, 0.717) is 5.56 Å². The molecule has 2 aromatic carbocycles. The Kier molecular flexibility index (Phi) is 6.61. The normalized spacial score (nSPS) is 24.0. The van der Waals surface area contributed by atoms with Crippen molar-refractivity contribution in [1.29, 1.82) is 0 Å². The number of hydrogen-bond acceptors (Lipinski definition) is 3. The van der Waals surface area contributed by atoms with Crippen LogP contribution in [-0.2, 0) is 4.79 Å². The Morgan fingerprint density at radius 1 is 1.06 bits per heavy atom. The minimum absolute atomic E-state index is 0.00526. The number of hydrogen-bond donors (Lipinski definition) is 2. The third-order valence-corrected chi connectivity index (χ3v) is 7.02. The van der Waals surface area contributed by atoms with Gasteiger partial charge < -0.3 is 15.5 Å². The molecule has 1 aliphatic heterocycles. The van der Waals surface area contributed by atoms with Gasteiger partial charge in [0.2, 0.25) is 5.91 Å². The zero-order chi connectivity index (χ0) is 23.7. The van der Waals surface area contributed by atoms with Crippen LogP contribution in [-0.4, -0.2) is 30.3 Å². The van der Waals surface area contributed by atoms with Gasteiger partial charge in [-0.1, -0.05) is 37.3 Å². The average molecular weight is 464 g/mol. The maximum absolute atomic E-state index is 12.5.